The maximum atomic E-state index is 13.1. The van der Waals surface area contributed by atoms with Crippen molar-refractivity contribution in [2.24, 2.45) is 0 Å². The highest BCUT2D eigenvalue weighted by atomic mass is 35.5. The van der Waals surface area contributed by atoms with Crippen LogP contribution in [0.2, 0.25) is 0 Å². The molecule has 2 aliphatic rings. The number of nitrogens with one attached hydrogen (secondary N) is 1. The number of nitrogens with zero attached hydrogens (tertiary/aromatic N) is 2. The van der Waals surface area contributed by atoms with Gasteiger partial charge in [-0.05, 0) is 38.8 Å². The van der Waals surface area contributed by atoms with Gasteiger partial charge >= 0.3 is 0 Å². The van der Waals surface area contributed by atoms with Crippen LogP contribution in [0.25, 0.3) is 0 Å². The van der Waals surface area contributed by atoms with Gasteiger partial charge in [-0.3, -0.25) is 9.59 Å². The normalized spacial score (nSPS) is 26.8. The number of hydrogen-bond donors (Lipinski definition) is 1. The number of hydrogen-bond acceptors (Lipinski definition) is 3. The molecule has 1 aromatic rings. The number of halogens is 1. The maximum absolute atomic E-state index is 13.1. The molecule has 0 aliphatic carbocycles. The summed E-state index contributed by atoms with van der Waals surface area (Å²) in [6, 6.07) is 9.56. The van der Waals surface area contributed by atoms with Crippen LogP contribution in [0, 0.1) is 0 Å². The van der Waals surface area contributed by atoms with Gasteiger partial charge in [0.2, 0.25) is 5.91 Å². The number of carbonyl (C=O) groups is 2. The second kappa shape index (κ2) is 7.53. The smallest absolute Gasteiger partial charge is 0.254 e. The number of rotatable bonds is 2. The monoisotopic (exact) mass is 351 g/mol. The van der Waals surface area contributed by atoms with Crippen LogP contribution in [0.5, 0.6) is 0 Å². The van der Waals surface area contributed by atoms with Gasteiger partial charge in [-0.2, -0.15) is 0 Å². The van der Waals surface area contributed by atoms with Gasteiger partial charge in [0, 0.05) is 37.8 Å². The summed E-state index contributed by atoms with van der Waals surface area (Å²) in [4.78, 5) is 29.7. The number of piperazine rings is 1. The molecule has 2 fully saturated rings. The molecule has 24 heavy (non-hydrogen) atoms. The van der Waals surface area contributed by atoms with Crippen molar-refractivity contribution in [2.75, 3.05) is 26.2 Å². The van der Waals surface area contributed by atoms with Gasteiger partial charge in [0.15, 0.2) is 0 Å². The van der Waals surface area contributed by atoms with Gasteiger partial charge in [0.25, 0.3) is 5.91 Å². The van der Waals surface area contributed by atoms with Crippen molar-refractivity contribution in [1.82, 2.24) is 15.1 Å². The molecular weight excluding hydrogens is 326 g/mol. The van der Waals surface area contributed by atoms with Crippen LogP contribution in [-0.2, 0) is 4.79 Å². The first-order valence-electron chi connectivity index (χ1n) is 8.42. The minimum absolute atomic E-state index is 0. The number of carbonyl (C=O) groups excluding carboxylic acids is 2. The lowest BCUT2D eigenvalue weighted by Crippen LogP contribution is -2.61. The van der Waals surface area contributed by atoms with Gasteiger partial charge in [-0.1, -0.05) is 18.2 Å². The molecule has 0 saturated carbocycles. The SMILES string of the molecule is CC1CN(C(=O)C2(C)CCCN2C(=O)c2ccccc2)CCN1.Cl. The molecule has 2 atom stereocenters. The lowest BCUT2D eigenvalue weighted by Gasteiger charge is -2.41. The Kier molecular flexibility index (Phi) is 5.88. The highest BCUT2D eigenvalue weighted by Crippen LogP contribution is 2.32. The Hall–Kier alpha value is -1.59. The van der Waals surface area contributed by atoms with Crippen molar-refractivity contribution in [3.63, 3.8) is 0 Å². The standard InChI is InChI=1S/C18H25N3O2.ClH/c1-14-13-20(12-10-19-14)17(23)18(2)9-6-11-21(18)16(22)15-7-4-3-5-8-15;/h3-5,7-8,14,19H,6,9-13H2,1-2H3;1H. The first-order valence-corrected chi connectivity index (χ1v) is 8.42. The molecule has 0 bridgehead atoms. The Morgan fingerprint density at radius 1 is 1.21 bits per heavy atom. The van der Waals surface area contributed by atoms with Crippen molar-refractivity contribution in [3.05, 3.63) is 35.9 Å². The van der Waals surface area contributed by atoms with E-state index in [0.717, 1.165) is 19.4 Å². The predicted octanol–water partition coefficient (Wildman–Crippen LogP) is 1.92. The third-order valence-electron chi connectivity index (χ3n) is 5.02. The Morgan fingerprint density at radius 3 is 2.58 bits per heavy atom. The van der Waals surface area contributed by atoms with Crippen molar-refractivity contribution in [1.29, 1.82) is 0 Å². The van der Waals surface area contributed by atoms with E-state index in [4.69, 9.17) is 0 Å². The van der Waals surface area contributed by atoms with Crippen LogP contribution in [0.1, 0.15) is 37.0 Å². The fourth-order valence-corrected chi connectivity index (χ4v) is 3.71. The Balaban J connectivity index is 0.00000208. The summed E-state index contributed by atoms with van der Waals surface area (Å²) in [5.41, 5.74) is -0.0635. The van der Waals surface area contributed by atoms with Crippen LogP contribution in [0.3, 0.4) is 0 Å². The molecule has 0 radical (unpaired) electrons. The molecule has 2 unspecified atom stereocenters. The second-order valence-electron chi connectivity index (χ2n) is 6.81. The van der Waals surface area contributed by atoms with Crippen LogP contribution < -0.4 is 5.32 Å². The summed E-state index contributed by atoms with van der Waals surface area (Å²) in [7, 11) is 0. The molecule has 6 heteroatoms. The average Bonchev–Trinajstić information content (AvgIpc) is 2.97. The van der Waals surface area contributed by atoms with E-state index in [-0.39, 0.29) is 24.2 Å². The fraction of sp³-hybridized carbons (Fsp3) is 0.556. The van der Waals surface area contributed by atoms with Crippen LogP contribution in [-0.4, -0.2) is 59.4 Å². The Bertz CT molecular complexity index is 595. The van der Waals surface area contributed by atoms with Gasteiger partial charge in [-0.15, -0.1) is 12.4 Å². The molecule has 1 N–H and O–H groups in total. The van der Waals surface area contributed by atoms with Gasteiger partial charge in [-0.25, -0.2) is 0 Å². The number of benzene rings is 1. The highest BCUT2D eigenvalue weighted by Gasteiger charge is 2.48. The van der Waals surface area contributed by atoms with E-state index in [2.05, 4.69) is 12.2 Å². The van der Waals surface area contributed by atoms with Crippen molar-refractivity contribution < 1.29 is 9.59 Å². The van der Waals surface area contributed by atoms with E-state index in [0.29, 0.717) is 31.2 Å². The largest absolute Gasteiger partial charge is 0.338 e. The molecular formula is C18H26ClN3O2. The zero-order valence-electron chi connectivity index (χ0n) is 14.3. The Labute approximate surface area is 149 Å². The Morgan fingerprint density at radius 2 is 1.92 bits per heavy atom. The first kappa shape index (κ1) is 18.7. The zero-order chi connectivity index (χ0) is 16.4. The molecule has 2 amide bonds. The van der Waals surface area contributed by atoms with Crippen molar-refractivity contribution in [2.45, 2.75) is 38.3 Å². The third kappa shape index (κ3) is 3.42. The van der Waals surface area contributed by atoms with Gasteiger partial charge in [0.05, 0.1) is 0 Å². The average molecular weight is 352 g/mol. The van der Waals surface area contributed by atoms with Gasteiger partial charge in [0.1, 0.15) is 5.54 Å². The lowest BCUT2D eigenvalue weighted by atomic mass is 9.95. The van der Waals surface area contributed by atoms with E-state index >= 15 is 0 Å². The molecule has 2 aliphatic heterocycles. The maximum Gasteiger partial charge on any atom is 0.254 e. The van der Waals surface area contributed by atoms with E-state index in [9.17, 15) is 9.59 Å². The molecule has 2 saturated heterocycles. The van der Waals surface area contributed by atoms with Crippen molar-refractivity contribution >= 4 is 24.2 Å². The van der Waals surface area contributed by atoms with Crippen LogP contribution in [0.15, 0.2) is 30.3 Å². The summed E-state index contributed by atoms with van der Waals surface area (Å²) in [6.45, 7) is 6.90. The van der Waals surface area contributed by atoms with E-state index in [1.807, 2.05) is 42.2 Å². The topological polar surface area (TPSA) is 52.7 Å². The second-order valence-corrected chi connectivity index (χ2v) is 6.81. The van der Waals surface area contributed by atoms with Crippen molar-refractivity contribution in [3.8, 4) is 0 Å². The summed E-state index contributed by atoms with van der Waals surface area (Å²) >= 11 is 0. The molecule has 5 nitrogen and oxygen atoms in total. The summed E-state index contributed by atoms with van der Waals surface area (Å²) in [5, 5.41) is 3.36. The minimum atomic E-state index is -0.718. The molecule has 1 aromatic carbocycles. The first-order chi connectivity index (χ1) is 11.0. The highest BCUT2D eigenvalue weighted by molar-refractivity contribution is 5.99. The summed E-state index contributed by atoms with van der Waals surface area (Å²) in [5.74, 6) is 0.0507. The minimum Gasteiger partial charge on any atom is -0.338 e. The predicted molar refractivity (Wildman–Crippen MR) is 96.4 cm³/mol. The zero-order valence-corrected chi connectivity index (χ0v) is 15.1. The fourth-order valence-electron chi connectivity index (χ4n) is 3.71. The van der Waals surface area contributed by atoms with E-state index in [1.165, 1.54) is 0 Å². The third-order valence-corrected chi connectivity index (χ3v) is 5.02. The summed E-state index contributed by atoms with van der Waals surface area (Å²) < 4.78 is 0. The lowest BCUT2D eigenvalue weighted by molar-refractivity contribution is -0.142. The van der Waals surface area contributed by atoms with E-state index in [1.54, 1.807) is 4.90 Å². The quantitative estimate of drug-likeness (QED) is 0.885. The van der Waals surface area contributed by atoms with Gasteiger partial charge < -0.3 is 15.1 Å². The number of amides is 2. The summed E-state index contributed by atoms with van der Waals surface area (Å²) in [6.07, 6.45) is 1.62. The molecule has 0 aromatic heterocycles. The molecule has 2 heterocycles. The number of likely N-dealkylation sites (tertiary alicyclic amines) is 1. The molecule has 3 rings (SSSR count). The van der Waals surface area contributed by atoms with Crippen LogP contribution >= 0.6 is 12.4 Å². The van der Waals surface area contributed by atoms with E-state index < -0.39 is 5.54 Å². The van der Waals surface area contributed by atoms with Crippen LogP contribution in [0.4, 0.5) is 0 Å². The molecule has 132 valence electrons. The molecule has 0 spiro atoms.